The van der Waals surface area contributed by atoms with Crippen LogP contribution in [0.3, 0.4) is 0 Å². The molecule has 1 heterocycles. The lowest BCUT2D eigenvalue weighted by Gasteiger charge is -2.36. The average Bonchev–Trinajstić information content (AvgIpc) is 2.76. The predicted octanol–water partition coefficient (Wildman–Crippen LogP) is 2.29. The molecule has 1 amide bonds. The number of amides is 1. The standard InChI is InChI=1S/C14H17NO2/c1-17-12-6-4-5-10-11(12)9-14(15-13(10)16)7-2-3-8-14/h4-6H,2-3,7-9H2,1H3,(H,15,16). The summed E-state index contributed by atoms with van der Waals surface area (Å²) in [5, 5.41) is 3.20. The highest BCUT2D eigenvalue weighted by atomic mass is 16.5. The third kappa shape index (κ3) is 1.61. The summed E-state index contributed by atoms with van der Waals surface area (Å²) in [5.41, 5.74) is 1.86. The maximum absolute atomic E-state index is 12.1. The first-order valence-electron chi connectivity index (χ1n) is 6.22. The zero-order valence-electron chi connectivity index (χ0n) is 10.1. The van der Waals surface area contributed by atoms with Crippen LogP contribution in [0.25, 0.3) is 0 Å². The minimum atomic E-state index is -0.00127. The first-order chi connectivity index (χ1) is 8.24. The quantitative estimate of drug-likeness (QED) is 0.805. The van der Waals surface area contributed by atoms with Crippen molar-refractivity contribution in [2.45, 2.75) is 37.6 Å². The third-order valence-electron chi connectivity index (χ3n) is 4.05. The summed E-state index contributed by atoms with van der Waals surface area (Å²) in [6.07, 6.45) is 5.53. The number of fused-ring (bicyclic) bond motifs is 1. The van der Waals surface area contributed by atoms with E-state index < -0.39 is 0 Å². The number of carbonyl (C=O) groups is 1. The summed E-state index contributed by atoms with van der Waals surface area (Å²) in [4.78, 5) is 12.1. The van der Waals surface area contributed by atoms with Crippen LogP contribution in [0.5, 0.6) is 5.75 Å². The Kier molecular flexibility index (Phi) is 2.35. The number of methoxy groups -OCH3 is 1. The molecule has 0 radical (unpaired) electrons. The molecule has 0 saturated heterocycles. The van der Waals surface area contributed by atoms with Crippen LogP contribution in [0.15, 0.2) is 18.2 Å². The third-order valence-corrected chi connectivity index (χ3v) is 4.05. The van der Waals surface area contributed by atoms with Crippen LogP contribution in [0, 0.1) is 0 Å². The molecule has 17 heavy (non-hydrogen) atoms. The van der Waals surface area contributed by atoms with E-state index in [0.29, 0.717) is 0 Å². The molecule has 90 valence electrons. The van der Waals surface area contributed by atoms with E-state index in [-0.39, 0.29) is 11.4 Å². The van der Waals surface area contributed by atoms with Crippen LogP contribution in [0.4, 0.5) is 0 Å². The zero-order chi connectivity index (χ0) is 11.9. The first-order valence-corrected chi connectivity index (χ1v) is 6.22. The number of hydrogen-bond donors (Lipinski definition) is 1. The Hall–Kier alpha value is -1.51. The van der Waals surface area contributed by atoms with Crippen LogP contribution >= 0.6 is 0 Å². The van der Waals surface area contributed by atoms with Gasteiger partial charge in [-0.05, 0) is 31.4 Å². The highest BCUT2D eigenvalue weighted by molar-refractivity contribution is 5.98. The predicted molar refractivity (Wildman–Crippen MR) is 65.4 cm³/mol. The molecule has 0 unspecified atom stereocenters. The van der Waals surface area contributed by atoms with Crippen molar-refractivity contribution in [2.24, 2.45) is 0 Å². The Balaban J connectivity index is 2.06. The molecule has 0 atom stereocenters. The number of rotatable bonds is 1. The lowest BCUT2D eigenvalue weighted by molar-refractivity contribution is 0.0879. The van der Waals surface area contributed by atoms with Gasteiger partial charge in [-0.1, -0.05) is 18.9 Å². The van der Waals surface area contributed by atoms with Crippen molar-refractivity contribution in [2.75, 3.05) is 7.11 Å². The highest BCUT2D eigenvalue weighted by Crippen LogP contribution is 2.39. The molecule has 1 aromatic rings. The largest absolute Gasteiger partial charge is 0.496 e. The van der Waals surface area contributed by atoms with Gasteiger partial charge in [-0.25, -0.2) is 0 Å². The van der Waals surface area contributed by atoms with Gasteiger partial charge < -0.3 is 10.1 Å². The second kappa shape index (κ2) is 3.76. The number of carbonyl (C=O) groups excluding carboxylic acids is 1. The van der Waals surface area contributed by atoms with Crippen LogP contribution in [0.2, 0.25) is 0 Å². The Bertz CT molecular complexity index is 461. The van der Waals surface area contributed by atoms with Crippen molar-refractivity contribution in [3.63, 3.8) is 0 Å². The van der Waals surface area contributed by atoms with Crippen molar-refractivity contribution >= 4 is 5.91 Å². The van der Waals surface area contributed by atoms with E-state index in [2.05, 4.69) is 5.32 Å². The lowest BCUT2D eigenvalue weighted by Crippen LogP contribution is -2.51. The van der Waals surface area contributed by atoms with Gasteiger partial charge in [0.05, 0.1) is 7.11 Å². The second-order valence-corrected chi connectivity index (χ2v) is 5.10. The molecule has 3 nitrogen and oxygen atoms in total. The van der Waals surface area contributed by atoms with Gasteiger partial charge in [0.2, 0.25) is 0 Å². The Morgan fingerprint density at radius 3 is 2.76 bits per heavy atom. The van der Waals surface area contributed by atoms with Gasteiger partial charge in [0, 0.05) is 16.7 Å². The first kappa shape index (κ1) is 10.6. The fourth-order valence-corrected chi connectivity index (χ4v) is 3.20. The number of benzene rings is 1. The molecular formula is C14H17NO2. The van der Waals surface area contributed by atoms with Gasteiger partial charge in [-0.2, -0.15) is 0 Å². The van der Waals surface area contributed by atoms with Crippen molar-refractivity contribution in [1.29, 1.82) is 0 Å². The van der Waals surface area contributed by atoms with E-state index in [1.165, 1.54) is 12.8 Å². The summed E-state index contributed by atoms with van der Waals surface area (Å²) in [6.45, 7) is 0. The van der Waals surface area contributed by atoms with E-state index in [4.69, 9.17) is 4.74 Å². The van der Waals surface area contributed by atoms with Gasteiger partial charge in [-0.15, -0.1) is 0 Å². The topological polar surface area (TPSA) is 38.3 Å². The van der Waals surface area contributed by atoms with Crippen LogP contribution < -0.4 is 10.1 Å². The average molecular weight is 231 g/mol. The SMILES string of the molecule is COc1cccc2c1CC1(CCCC1)NC2=O. The Labute approximate surface area is 101 Å². The number of nitrogens with one attached hydrogen (secondary N) is 1. The molecule has 1 spiro atoms. The van der Waals surface area contributed by atoms with E-state index >= 15 is 0 Å². The molecular weight excluding hydrogens is 214 g/mol. The monoisotopic (exact) mass is 231 g/mol. The molecule has 1 saturated carbocycles. The molecule has 0 bridgehead atoms. The van der Waals surface area contributed by atoms with Crippen molar-refractivity contribution in [1.82, 2.24) is 5.32 Å². The molecule has 3 rings (SSSR count). The van der Waals surface area contributed by atoms with Gasteiger partial charge in [0.25, 0.3) is 5.91 Å². The van der Waals surface area contributed by atoms with E-state index in [9.17, 15) is 4.79 Å². The van der Waals surface area contributed by atoms with Crippen molar-refractivity contribution < 1.29 is 9.53 Å². The molecule has 1 aromatic carbocycles. The summed E-state index contributed by atoms with van der Waals surface area (Å²) < 4.78 is 5.38. The minimum Gasteiger partial charge on any atom is -0.496 e. The van der Waals surface area contributed by atoms with Crippen LogP contribution in [-0.4, -0.2) is 18.6 Å². The minimum absolute atomic E-state index is 0.00127. The fourth-order valence-electron chi connectivity index (χ4n) is 3.20. The van der Waals surface area contributed by atoms with Gasteiger partial charge in [-0.3, -0.25) is 4.79 Å². The summed E-state index contributed by atoms with van der Waals surface area (Å²) in [7, 11) is 1.67. The fraction of sp³-hybridized carbons (Fsp3) is 0.500. The molecule has 3 heteroatoms. The van der Waals surface area contributed by atoms with Crippen LogP contribution in [-0.2, 0) is 6.42 Å². The molecule has 1 N–H and O–H groups in total. The Morgan fingerprint density at radius 2 is 2.06 bits per heavy atom. The van der Waals surface area contributed by atoms with Gasteiger partial charge in [0.15, 0.2) is 0 Å². The normalized spacial score (nSPS) is 21.1. The highest BCUT2D eigenvalue weighted by Gasteiger charge is 2.40. The maximum atomic E-state index is 12.1. The van der Waals surface area contributed by atoms with Crippen LogP contribution in [0.1, 0.15) is 41.6 Å². The van der Waals surface area contributed by atoms with Gasteiger partial charge >= 0.3 is 0 Å². The smallest absolute Gasteiger partial charge is 0.252 e. The molecule has 2 aliphatic rings. The van der Waals surface area contributed by atoms with Crippen molar-refractivity contribution in [3.05, 3.63) is 29.3 Å². The second-order valence-electron chi connectivity index (χ2n) is 5.10. The van der Waals surface area contributed by atoms with E-state index in [1.54, 1.807) is 7.11 Å². The summed E-state index contributed by atoms with van der Waals surface area (Å²) in [5.74, 6) is 0.913. The van der Waals surface area contributed by atoms with Gasteiger partial charge in [0.1, 0.15) is 5.75 Å². The van der Waals surface area contributed by atoms with E-state index in [1.807, 2.05) is 18.2 Å². The molecule has 1 aliphatic heterocycles. The lowest BCUT2D eigenvalue weighted by atomic mass is 9.82. The maximum Gasteiger partial charge on any atom is 0.252 e. The number of ether oxygens (including phenoxy) is 1. The Morgan fingerprint density at radius 1 is 1.29 bits per heavy atom. The molecule has 1 aliphatic carbocycles. The molecule has 1 fully saturated rings. The summed E-state index contributed by atoms with van der Waals surface area (Å²) >= 11 is 0. The molecule has 0 aromatic heterocycles. The summed E-state index contributed by atoms with van der Waals surface area (Å²) in [6, 6.07) is 5.71. The zero-order valence-corrected chi connectivity index (χ0v) is 10.1. The van der Waals surface area contributed by atoms with E-state index in [0.717, 1.165) is 36.1 Å². The number of hydrogen-bond acceptors (Lipinski definition) is 2. The van der Waals surface area contributed by atoms with Crippen molar-refractivity contribution in [3.8, 4) is 5.75 Å².